The lowest BCUT2D eigenvalue weighted by Crippen LogP contribution is -2.01. The van der Waals surface area contributed by atoms with Crippen molar-refractivity contribution in [3.8, 4) is 5.75 Å². The molecule has 0 fully saturated rings. The van der Waals surface area contributed by atoms with E-state index in [9.17, 15) is 0 Å². The van der Waals surface area contributed by atoms with E-state index in [-0.39, 0.29) is 0 Å². The van der Waals surface area contributed by atoms with E-state index in [1.165, 1.54) is 0 Å². The average Bonchev–Trinajstić information content (AvgIpc) is 2.59. The fraction of sp³-hybridized carbons (Fsp3) is 0.100. The number of hydrogen-bond acceptors (Lipinski definition) is 2. The Morgan fingerprint density at radius 1 is 0.769 bits per heavy atom. The molecule has 3 aromatic carbocycles. The van der Waals surface area contributed by atoms with E-state index in [1.54, 1.807) is 18.2 Å². The molecule has 1 N–H and O–H groups in total. The van der Waals surface area contributed by atoms with Crippen molar-refractivity contribution in [2.45, 2.75) is 13.2 Å². The summed E-state index contributed by atoms with van der Waals surface area (Å²) in [6.45, 7) is 0.992. The first-order valence-electron chi connectivity index (χ1n) is 7.85. The molecule has 0 radical (unpaired) electrons. The fourth-order valence-electron chi connectivity index (χ4n) is 2.41. The summed E-state index contributed by atoms with van der Waals surface area (Å²) in [5.41, 5.74) is 2.82. The molecule has 0 unspecified atom stereocenters. The van der Waals surface area contributed by atoms with Gasteiger partial charge in [-0.05, 0) is 48.0 Å². The largest absolute Gasteiger partial charge is 0.489 e. The Morgan fingerprint density at radius 3 is 2.27 bits per heavy atom. The first kappa shape index (κ1) is 19.2. The van der Waals surface area contributed by atoms with Gasteiger partial charge in [0.15, 0.2) is 0 Å². The van der Waals surface area contributed by atoms with Gasteiger partial charge in [0.2, 0.25) is 0 Å². The number of rotatable bonds is 6. The van der Waals surface area contributed by atoms with E-state index in [2.05, 4.69) is 5.32 Å². The molecule has 0 saturated heterocycles. The van der Waals surface area contributed by atoms with Gasteiger partial charge >= 0.3 is 0 Å². The van der Waals surface area contributed by atoms with Crippen LogP contribution in [0.15, 0.2) is 60.7 Å². The smallest absolute Gasteiger partial charge is 0.120 e. The zero-order valence-electron chi connectivity index (χ0n) is 13.6. The minimum absolute atomic E-state index is 0.372. The molecule has 26 heavy (non-hydrogen) atoms. The molecular weight excluding hydrogens is 412 g/mol. The third kappa shape index (κ3) is 5.46. The average molecular weight is 427 g/mol. The molecule has 0 saturated carbocycles. The van der Waals surface area contributed by atoms with Crippen molar-refractivity contribution >= 4 is 52.1 Å². The number of ether oxygens (including phenoxy) is 1. The molecule has 3 rings (SSSR count). The predicted octanol–water partition coefficient (Wildman–Crippen LogP) is 7.49. The van der Waals surface area contributed by atoms with Gasteiger partial charge in [-0.15, -0.1) is 0 Å². The summed E-state index contributed by atoms with van der Waals surface area (Å²) >= 11 is 24.1. The van der Waals surface area contributed by atoms with E-state index < -0.39 is 0 Å². The lowest BCUT2D eigenvalue weighted by molar-refractivity contribution is 0.306. The van der Waals surface area contributed by atoms with Crippen molar-refractivity contribution in [3.63, 3.8) is 0 Å². The van der Waals surface area contributed by atoms with Crippen LogP contribution in [0.25, 0.3) is 0 Å². The Bertz CT molecular complexity index is 894. The van der Waals surface area contributed by atoms with E-state index in [0.29, 0.717) is 33.2 Å². The number of hydrogen-bond donors (Lipinski definition) is 1. The molecular formula is C20H15Cl4NO. The van der Waals surface area contributed by atoms with Crippen LogP contribution in [0.3, 0.4) is 0 Å². The second kappa shape index (κ2) is 8.88. The lowest BCUT2D eigenvalue weighted by atomic mass is 10.2. The van der Waals surface area contributed by atoms with E-state index in [0.717, 1.165) is 22.6 Å². The monoisotopic (exact) mass is 425 g/mol. The Hall–Kier alpha value is -1.58. The van der Waals surface area contributed by atoms with Crippen LogP contribution in [0.2, 0.25) is 20.1 Å². The molecule has 0 atom stereocenters. The van der Waals surface area contributed by atoms with Crippen molar-refractivity contribution in [1.29, 1.82) is 0 Å². The predicted molar refractivity (Wildman–Crippen MR) is 111 cm³/mol. The van der Waals surface area contributed by atoms with Crippen LogP contribution in [-0.2, 0) is 13.2 Å². The summed E-state index contributed by atoms with van der Waals surface area (Å²) in [5.74, 6) is 0.763. The first-order chi connectivity index (χ1) is 12.5. The minimum atomic E-state index is 0.372. The van der Waals surface area contributed by atoms with Gasteiger partial charge in [0.05, 0.1) is 0 Å². The number of nitrogens with one attached hydrogen (secondary N) is 1. The molecule has 0 aliphatic carbocycles. The normalized spacial score (nSPS) is 10.6. The molecule has 0 aliphatic heterocycles. The summed E-state index contributed by atoms with van der Waals surface area (Å²) in [4.78, 5) is 0. The van der Waals surface area contributed by atoms with Crippen LogP contribution < -0.4 is 10.1 Å². The summed E-state index contributed by atoms with van der Waals surface area (Å²) in [7, 11) is 0. The van der Waals surface area contributed by atoms with Gasteiger partial charge in [-0.3, -0.25) is 0 Å². The van der Waals surface area contributed by atoms with Crippen molar-refractivity contribution < 1.29 is 4.74 Å². The van der Waals surface area contributed by atoms with Gasteiger partial charge in [0.1, 0.15) is 12.4 Å². The van der Waals surface area contributed by atoms with Gasteiger partial charge in [0.25, 0.3) is 0 Å². The molecule has 0 bridgehead atoms. The lowest BCUT2D eigenvalue weighted by Gasteiger charge is -2.11. The van der Waals surface area contributed by atoms with Crippen molar-refractivity contribution in [2.75, 3.05) is 5.32 Å². The molecule has 0 aromatic heterocycles. The highest BCUT2D eigenvalue weighted by molar-refractivity contribution is 6.35. The summed E-state index contributed by atoms with van der Waals surface area (Å²) in [6, 6.07) is 18.6. The van der Waals surface area contributed by atoms with Gasteiger partial charge < -0.3 is 10.1 Å². The summed E-state index contributed by atoms with van der Waals surface area (Å²) in [6.07, 6.45) is 0. The maximum absolute atomic E-state index is 6.17. The first-order valence-corrected chi connectivity index (χ1v) is 9.36. The Morgan fingerprint density at radius 2 is 1.54 bits per heavy atom. The van der Waals surface area contributed by atoms with E-state index in [1.807, 2.05) is 42.5 Å². The SMILES string of the molecule is Clc1cc(Cl)cc(NCc2cccc(OCc3ccc(Cl)cc3Cl)c2)c1. The second-order valence-electron chi connectivity index (χ2n) is 5.68. The zero-order chi connectivity index (χ0) is 18.5. The van der Waals surface area contributed by atoms with E-state index in [4.69, 9.17) is 51.1 Å². The van der Waals surface area contributed by atoms with Crippen molar-refractivity contribution in [3.05, 3.63) is 91.9 Å². The fourth-order valence-corrected chi connectivity index (χ4v) is 3.39. The van der Waals surface area contributed by atoms with Gasteiger partial charge in [-0.25, -0.2) is 0 Å². The van der Waals surface area contributed by atoms with Crippen molar-refractivity contribution in [2.24, 2.45) is 0 Å². The molecule has 6 heteroatoms. The number of anilines is 1. The molecule has 0 spiro atoms. The standard InChI is InChI=1S/C20H15Cl4NO/c21-15-5-4-14(20(24)10-15)12-26-19-3-1-2-13(6-19)11-25-18-8-16(22)7-17(23)9-18/h1-10,25H,11-12H2. The Balaban J connectivity index is 1.62. The van der Waals surface area contributed by atoms with Crippen LogP contribution in [0.1, 0.15) is 11.1 Å². The van der Waals surface area contributed by atoms with Crippen LogP contribution in [-0.4, -0.2) is 0 Å². The van der Waals surface area contributed by atoms with Crippen LogP contribution in [0.5, 0.6) is 5.75 Å². The molecule has 2 nitrogen and oxygen atoms in total. The molecule has 0 heterocycles. The van der Waals surface area contributed by atoms with Crippen LogP contribution in [0.4, 0.5) is 5.69 Å². The molecule has 0 amide bonds. The zero-order valence-corrected chi connectivity index (χ0v) is 16.6. The van der Waals surface area contributed by atoms with Gasteiger partial charge in [-0.2, -0.15) is 0 Å². The van der Waals surface area contributed by atoms with Crippen molar-refractivity contribution in [1.82, 2.24) is 0 Å². The topological polar surface area (TPSA) is 21.3 Å². The quantitative estimate of drug-likeness (QED) is 0.440. The Labute approximate surface area is 172 Å². The third-order valence-electron chi connectivity index (χ3n) is 3.67. The Kier molecular flexibility index (Phi) is 6.55. The van der Waals surface area contributed by atoms with Crippen LogP contribution in [0, 0.1) is 0 Å². The number of benzene rings is 3. The highest BCUT2D eigenvalue weighted by Gasteiger charge is 2.04. The minimum Gasteiger partial charge on any atom is -0.489 e. The molecule has 3 aromatic rings. The third-order valence-corrected chi connectivity index (χ3v) is 4.69. The highest BCUT2D eigenvalue weighted by Crippen LogP contribution is 2.25. The maximum Gasteiger partial charge on any atom is 0.120 e. The van der Waals surface area contributed by atoms with E-state index >= 15 is 0 Å². The number of halogens is 4. The van der Waals surface area contributed by atoms with Gasteiger partial charge in [-0.1, -0.05) is 64.6 Å². The highest BCUT2D eigenvalue weighted by atomic mass is 35.5. The molecule has 134 valence electrons. The second-order valence-corrected chi connectivity index (χ2v) is 7.40. The van der Waals surface area contributed by atoms with Gasteiger partial charge in [0, 0.05) is 37.9 Å². The van der Waals surface area contributed by atoms with Crippen LogP contribution >= 0.6 is 46.4 Å². The summed E-state index contributed by atoms with van der Waals surface area (Å²) in [5, 5.41) is 5.68. The summed E-state index contributed by atoms with van der Waals surface area (Å²) < 4.78 is 5.85. The maximum atomic E-state index is 6.17. The molecule has 0 aliphatic rings.